The number of pyridine rings is 1. The topological polar surface area (TPSA) is 51.2 Å². The van der Waals surface area contributed by atoms with Crippen molar-refractivity contribution in [2.45, 2.75) is 0 Å². The van der Waals surface area contributed by atoms with Gasteiger partial charge in [-0.15, -0.1) is 0 Å². The molecule has 0 saturated heterocycles. The molecule has 0 aliphatic rings. The number of hydrogen-bond acceptors (Lipinski definition) is 3. The summed E-state index contributed by atoms with van der Waals surface area (Å²) < 4.78 is 5.15. The van der Waals surface area contributed by atoms with Gasteiger partial charge in [0.15, 0.2) is 0 Å². The third-order valence-electron chi connectivity index (χ3n) is 2.37. The van der Waals surface area contributed by atoms with E-state index in [0.29, 0.717) is 22.0 Å². The van der Waals surface area contributed by atoms with E-state index in [9.17, 15) is 4.79 Å². The van der Waals surface area contributed by atoms with E-state index in [4.69, 9.17) is 16.3 Å². The van der Waals surface area contributed by atoms with Gasteiger partial charge in [0, 0.05) is 12.4 Å². The molecule has 1 amide bonds. The molecule has 0 fully saturated rings. The van der Waals surface area contributed by atoms with Gasteiger partial charge < -0.3 is 10.1 Å². The number of amides is 1. The van der Waals surface area contributed by atoms with Crippen LogP contribution in [0.2, 0.25) is 5.02 Å². The molecule has 0 unspecified atom stereocenters. The van der Waals surface area contributed by atoms with E-state index in [2.05, 4.69) is 10.3 Å². The maximum Gasteiger partial charge on any atom is 0.258 e. The molecule has 2 rings (SSSR count). The molecule has 2 aromatic rings. The second-order valence-electron chi connectivity index (χ2n) is 3.51. The van der Waals surface area contributed by atoms with Crippen LogP contribution in [0.15, 0.2) is 42.7 Å². The molecule has 0 radical (unpaired) electrons. The van der Waals surface area contributed by atoms with Crippen LogP contribution >= 0.6 is 11.6 Å². The smallest absolute Gasteiger partial charge is 0.258 e. The first-order valence-electron chi connectivity index (χ1n) is 5.26. The molecule has 0 aliphatic carbocycles. The number of aromatic nitrogens is 1. The number of anilines is 1. The van der Waals surface area contributed by atoms with E-state index in [-0.39, 0.29) is 5.91 Å². The molecule has 0 spiro atoms. The van der Waals surface area contributed by atoms with Crippen LogP contribution in [-0.2, 0) is 0 Å². The van der Waals surface area contributed by atoms with Crippen LogP contribution < -0.4 is 10.1 Å². The van der Waals surface area contributed by atoms with Gasteiger partial charge in [-0.1, -0.05) is 23.7 Å². The second-order valence-corrected chi connectivity index (χ2v) is 3.92. The van der Waals surface area contributed by atoms with Crippen molar-refractivity contribution in [1.29, 1.82) is 0 Å². The van der Waals surface area contributed by atoms with Gasteiger partial charge in [-0.05, 0) is 18.2 Å². The highest BCUT2D eigenvalue weighted by Gasteiger charge is 2.12. The molecule has 1 aromatic carbocycles. The summed E-state index contributed by atoms with van der Waals surface area (Å²) in [5, 5.41) is 3.09. The van der Waals surface area contributed by atoms with Crippen molar-refractivity contribution in [3.05, 3.63) is 53.3 Å². The Morgan fingerprint density at radius 1 is 1.33 bits per heavy atom. The van der Waals surface area contributed by atoms with Crippen molar-refractivity contribution < 1.29 is 9.53 Å². The van der Waals surface area contributed by atoms with Gasteiger partial charge in [-0.3, -0.25) is 9.78 Å². The highest BCUT2D eigenvalue weighted by atomic mass is 35.5. The number of halogens is 1. The molecule has 0 bridgehead atoms. The summed E-state index contributed by atoms with van der Waals surface area (Å²) in [7, 11) is 1.54. The zero-order chi connectivity index (χ0) is 13.0. The van der Waals surface area contributed by atoms with E-state index >= 15 is 0 Å². The second kappa shape index (κ2) is 5.51. The predicted molar refractivity (Wildman–Crippen MR) is 70.2 cm³/mol. The molecule has 1 heterocycles. The van der Waals surface area contributed by atoms with Gasteiger partial charge in [-0.2, -0.15) is 0 Å². The largest absolute Gasteiger partial charge is 0.495 e. The van der Waals surface area contributed by atoms with Crippen LogP contribution in [0.4, 0.5) is 5.69 Å². The normalized spacial score (nSPS) is 9.89. The van der Waals surface area contributed by atoms with Crippen LogP contribution in [0.3, 0.4) is 0 Å². The Morgan fingerprint density at radius 3 is 2.83 bits per heavy atom. The van der Waals surface area contributed by atoms with Crippen molar-refractivity contribution in [3.63, 3.8) is 0 Å². The van der Waals surface area contributed by atoms with Crippen LogP contribution in [0.5, 0.6) is 5.75 Å². The molecular weight excluding hydrogens is 252 g/mol. The third-order valence-corrected chi connectivity index (χ3v) is 2.70. The number of methoxy groups -OCH3 is 1. The van der Waals surface area contributed by atoms with Gasteiger partial charge in [0.1, 0.15) is 5.75 Å². The van der Waals surface area contributed by atoms with Crippen LogP contribution in [-0.4, -0.2) is 18.0 Å². The van der Waals surface area contributed by atoms with E-state index in [1.807, 2.05) is 12.1 Å². The summed E-state index contributed by atoms with van der Waals surface area (Å²) in [6.45, 7) is 0. The maximum atomic E-state index is 12.0. The highest BCUT2D eigenvalue weighted by Crippen LogP contribution is 2.24. The standard InChI is InChI=1S/C13H11ClN2O2/c1-18-12-5-3-2-4-11(12)16-13(17)9-8-15-7-6-10(9)14/h2-8H,1H3,(H,16,17). The third kappa shape index (κ3) is 2.60. The summed E-state index contributed by atoms with van der Waals surface area (Å²) in [6, 6.07) is 8.72. The number of para-hydroxylation sites is 2. The summed E-state index contributed by atoms with van der Waals surface area (Å²) >= 11 is 5.93. The first-order chi connectivity index (χ1) is 8.72. The van der Waals surface area contributed by atoms with Crippen molar-refractivity contribution in [2.75, 3.05) is 12.4 Å². The SMILES string of the molecule is COc1ccccc1NC(=O)c1cnccc1Cl. The quantitative estimate of drug-likeness (QED) is 0.925. The fraction of sp³-hybridized carbons (Fsp3) is 0.0769. The van der Waals surface area contributed by atoms with E-state index in [0.717, 1.165) is 0 Å². The first kappa shape index (κ1) is 12.4. The molecule has 0 aliphatic heterocycles. The average Bonchev–Trinajstić information content (AvgIpc) is 2.39. The monoisotopic (exact) mass is 262 g/mol. The molecule has 92 valence electrons. The number of ether oxygens (including phenoxy) is 1. The van der Waals surface area contributed by atoms with E-state index < -0.39 is 0 Å². The Morgan fingerprint density at radius 2 is 2.11 bits per heavy atom. The van der Waals surface area contributed by atoms with Crippen LogP contribution in [0, 0.1) is 0 Å². The molecule has 18 heavy (non-hydrogen) atoms. The number of carbonyl (C=O) groups excluding carboxylic acids is 1. The lowest BCUT2D eigenvalue weighted by atomic mass is 10.2. The molecule has 5 heteroatoms. The predicted octanol–water partition coefficient (Wildman–Crippen LogP) is 3.00. The Hall–Kier alpha value is -2.07. The van der Waals surface area contributed by atoms with Gasteiger partial charge in [0.05, 0.1) is 23.4 Å². The molecule has 0 saturated carbocycles. The number of carbonyl (C=O) groups is 1. The summed E-state index contributed by atoms with van der Waals surface area (Å²) in [4.78, 5) is 15.9. The van der Waals surface area contributed by atoms with Gasteiger partial charge in [0.25, 0.3) is 5.91 Å². The zero-order valence-corrected chi connectivity index (χ0v) is 10.4. The van der Waals surface area contributed by atoms with Crippen molar-refractivity contribution in [1.82, 2.24) is 4.98 Å². The molecular formula is C13H11ClN2O2. The van der Waals surface area contributed by atoms with Crippen molar-refractivity contribution >= 4 is 23.2 Å². The fourth-order valence-electron chi connectivity index (χ4n) is 1.48. The number of hydrogen-bond donors (Lipinski definition) is 1. The lowest BCUT2D eigenvalue weighted by molar-refractivity contribution is 0.102. The number of nitrogens with one attached hydrogen (secondary N) is 1. The minimum absolute atomic E-state index is 0.322. The maximum absolute atomic E-state index is 12.0. The molecule has 1 aromatic heterocycles. The van der Waals surface area contributed by atoms with Gasteiger partial charge in [-0.25, -0.2) is 0 Å². The minimum atomic E-state index is -0.322. The molecule has 0 atom stereocenters. The number of benzene rings is 1. The Kier molecular flexibility index (Phi) is 3.79. The lowest BCUT2D eigenvalue weighted by Gasteiger charge is -2.10. The fourth-order valence-corrected chi connectivity index (χ4v) is 1.67. The molecule has 1 N–H and O–H groups in total. The van der Waals surface area contributed by atoms with Crippen molar-refractivity contribution in [2.24, 2.45) is 0 Å². The number of nitrogens with zero attached hydrogens (tertiary/aromatic N) is 1. The zero-order valence-electron chi connectivity index (χ0n) is 9.68. The summed E-state index contributed by atoms with van der Waals surface area (Å²) in [6.07, 6.45) is 2.95. The summed E-state index contributed by atoms with van der Waals surface area (Å²) in [5.74, 6) is 0.267. The Balaban J connectivity index is 2.24. The summed E-state index contributed by atoms with van der Waals surface area (Å²) in [5.41, 5.74) is 0.912. The first-order valence-corrected chi connectivity index (χ1v) is 5.64. The van der Waals surface area contributed by atoms with E-state index in [1.165, 1.54) is 12.4 Å². The van der Waals surface area contributed by atoms with Crippen LogP contribution in [0.25, 0.3) is 0 Å². The minimum Gasteiger partial charge on any atom is -0.495 e. The average molecular weight is 263 g/mol. The Labute approximate surface area is 110 Å². The number of rotatable bonds is 3. The Bertz CT molecular complexity index is 572. The van der Waals surface area contributed by atoms with Crippen molar-refractivity contribution in [3.8, 4) is 5.75 Å². The lowest BCUT2D eigenvalue weighted by Crippen LogP contribution is -2.13. The van der Waals surface area contributed by atoms with Gasteiger partial charge >= 0.3 is 0 Å². The van der Waals surface area contributed by atoms with E-state index in [1.54, 1.807) is 25.3 Å². The molecule has 4 nitrogen and oxygen atoms in total. The van der Waals surface area contributed by atoms with Gasteiger partial charge in [0.2, 0.25) is 0 Å². The van der Waals surface area contributed by atoms with Crippen LogP contribution in [0.1, 0.15) is 10.4 Å². The highest BCUT2D eigenvalue weighted by molar-refractivity contribution is 6.34.